The van der Waals surface area contributed by atoms with Gasteiger partial charge < -0.3 is 15.3 Å². The van der Waals surface area contributed by atoms with Gasteiger partial charge in [-0.05, 0) is 45.2 Å². The van der Waals surface area contributed by atoms with Crippen LogP contribution in [-0.4, -0.2) is 48.6 Å². The summed E-state index contributed by atoms with van der Waals surface area (Å²) in [6.45, 7) is 6.93. The van der Waals surface area contributed by atoms with E-state index >= 15 is 0 Å². The van der Waals surface area contributed by atoms with Crippen molar-refractivity contribution in [2.24, 2.45) is 23.7 Å². The molecule has 0 bridgehead atoms. The molecule has 1 aliphatic rings. The van der Waals surface area contributed by atoms with E-state index in [9.17, 15) is 14.7 Å². The van der Waals surface area contributed by atoms with Gasteiger partial charge in [-0.2, -0.15) is 0 Å². The van der Waals surface area contributed by atoms with E-state index in [2.05, 4.69) is 24.1 Å². The molecule has 0 aromatic heterocycles. The van der Waals surface area contributed by atoms with Crippen LogP contribution in [0.3, 0.4) is 0 Å². The summed E-state index contributed by atoms with van der Waals surface area (Å²) in [5, 5.41) is 12.2. The number of carboxylic acids is 1. The third-order valence-corrected chi connectivity index (χ3v) is 4.44. The summed E-state index contributed by atoms with van der Waals surface area (Å²) in [7, 11) is 4.02. The molecule has 1 amide bonds. The van der Waals surface area contributed by atoms with Crippen molar-refractivity contribution in [2.45, 2.75) is 46.1 Å². The van der Waals surface area contributed by atoms with Crippen molar-refractivity contribution in [3.63, 3.8) is 0 Å². The first-order chi connectivity index (χ1) is 9.72. The van der Waals surface area contributed by atoms with Crippen LogP contribution in [0.2, 0.25) is 0 Å². The number of carboxylic acid groups (broad SMARTS) is 1. The molecule has 5 heteroatoms. The first-order valence-electron chi connectivity index (χ1n) is 7.89. The molecule has 0 aromatic carbocycles. The number of hydrogen-bond donors (Lipinski definition) is 2. The second kappa shape index (κ2) is 7.78. The Morgan fingerprint density at radius 3 is 2.29 bits per heavy atom. The molecule has 0 aromatic rings. The average molecular weight is 298 g/mol. The summed E-state index contributed by atoms with van der Waals surface area (Å²) >= 11 is 0. The molecule has 1 saturated carbocycles. The maximum Gasteiger partial charge on any atom is 0.307 e. The van der Waals surface area contributed by atoms with E-state index in [4.69, 9.17) is 0 Å². The molecule has 0 heterocycles. The zero-order valence-corrected chi connectivity index (χ0v) is 13.9. The highest BCUT2D eigenvalue weighted by Crippen LogP contribution is 2.36. The molecule has 2 N–H and O–H groups in total. The lowest BCUT2D eigenvalue weighted by Gasteiger charge is -2.27. The van der Waals surface area contributed by atoms with Crippen LogP contribution in [0, 0.1) is 23.7 Å². The molecular weight excluding hydrogens is 268 g/mol. The van der Waals surface area contributed by atoms with Gasteiger partial charge in [-0.15, -0.1) is 0 Å². The number of likely N-dealkylation sites (N-methyl/N-ethyl adjacent to an activating group) is 1. The van der Waals surface area contributed by atoms with Crippen LogP contribution in [0.25, 0.3) is 0 Å². The van der Waals surface area contributed by atoms with Crippen molar-refractivity contribution in [1.82, 2.24) is 10.2 Å². The number of amides is 1. The van der Waals surface area contributed by atoms with E-state index in [1.54, 1.807) is 0 Å². The first-order valence-corrected chi connectivity index (χ1v) is 7.89. The van der Waals surface area contributed by atoms with Crippen molar-refractivity contribution in [3.8, 4) is 0 Å². The average Bonchev–Trinajstić information content (AvgIpc) is 2.75. The van der Waals surface area contributed by atoms with Crippen LogP contribution in [0.1, 0.15) is 40.0 Å². The molecule has 0 spiro atoms. The SMILES string of the molecule is CC(C)CC(CNC(=O)[C@H]1CC(C)C[C@H]1C(=O)O)N(C)C. The summed E-state index contributed by atoms with van der Waals surface area (Å²) < 4.78 is 0. The number of nitrogens with one attached hydrogen (secondary N) is 1. The Labute approximate surface area is 128 Å². The number of carbonyl (C=O) groups excluding carboxylic acids is 1. The Hall–Kier alpha value is -1.10. The molecule has 4 atom stereocenters. The molecule has 1 aliphatic carbocycles. The topological polar surface area (TPSA) is 69.6 Å². The van der Waals surface area contributed by atoms with Gasteiger partial charge in [0.1, 0.15) is 0 Å². The van der Waals surface area contributed by atoms with Gasteiger partial charge in [0.05, 0.1) is 11.8 Å². The summed E-state index contributed by atoms with van der Waals surface area (Å²) in [5.74, 6) is -0.967. The number of rotatable bonds is 7. The second-order valence-electron chi connectivity index (χ2n) is 7.12. The van der Waals surface area contributed by atoms with E-state index in [1.807, 2.05) is 21.0 Å². The van der Waals surface area contributed by atoms with Crippen LogP contribution in [0.15, 0.2) is 0 Å². The molecule has 2 unspecified atom stereocenters. The molecule has 0 saturated heterocycles. The number of nitrogens with zero attached hydrogens (tertiary/aromatic N) is 1. The van der Waals surface area contributed by atoms with Crippen LogP contribution >= 0.6 is 0 Å². The molecule has 1 fully saturated rings. The predicted molar refractivity (Wildman–Crippen MR) is 83.0 cm³/mol. The smallest absolute Gasteiger partial charge is 0.307 e. The highest BCUT2D eigenvalue weighted by Gasteiger charge is 2.41. The fourth-order valence-electron chi connectivity index (χ4n) is 3.22. The first kappa shape index (κ1) is 18.0. The Bertz CT molecular complexity index is 369. The predicted octanol–water partition coefficient (Wildman–Crippen LogP) is 1.83. The van der Waals surface area contributed by atoms with Crippen LogP contribution < -0.4 is 5.32 Å². The Morgan fingerprint density at radius 1 is 1.24 bits per heavy atom. The summed E-state index contributed by atoms with van der Waals surface area (Å²) in [6.07, 6.45) is 2.30. The van der Waals surface area contributed by atoms with Gasteiger partial charge in [-0.3, -0.25) is 9.59 Å². The lowest BCUT2D eigenvalue weighted by atomic mass is 9.95. The van der Waals surface area contributed by atoms with Gasteiger partial charge in [0, 0.05) is 12.6 Å². The van der Waals surface area contributed by atoms with E-state index in [1.165, 1.54) is 0 Å². The number of hydrogen-bond acceptors (Lipinski definition) is 3. The third-order valence-electron chi connectivity index (χ3n) is 4.44. The standard InChI is InChI=1S/C16H30N2O3/c1-10(2)6-12(18(4)5)9-17-15(19)13-7-11(3)8-14(13)16(20)21/h10-14H,6-9H2,1-5H3,(H,17,19)(H,20,21)/t11?,12?,13-,14+/m0/s1. The monoisotopic (exact) mass is 298 g/mol. The molecule has 5 nitrogen and oxygen atoms in total. The van der Waals surface area contributed by atoms with Crippen LogP contribution in [0.5, 0.6) is 0 Å². The van der Waals surface area contributed by atoms with Gasteiger partial charge in [0.25, 0.3) is 0 Å². The minimum absolute atomic E-state index is 0.0950. The fraction of sp³-hybridized carbons (Fsp3) is 0.875. The Kier molecular flexibility index (Phi) is 6.65. The third kappa shape index (κ3) is 5.30. The minimum Gasteiger partial charge on any atom is -0.481 e. The summed E-state index contributed by atoms with van der Waals surface area (Å²) in [4.78, 5) is 25.7. The number of carbonyl (C=O) groups is 2. The van der Waals surface area contributed by atoms with E-state index < -0.39 is 11.9 Å². The summed E-state index contributed by atoms with van der Waals surface area (Å²) in [5.41, 5.74) is 0. The molecule has 0 aliphatic heterocycles. The number of aliphatic carboxylic acids is 1. The maximum absolute atomic E-state index is 12.3. The van der Waals surface area contributed by atoms with Gasteiger partial charge >= 0.3 is 5.97 Å². The quantitative estimate of drug-likeness (QED) is 0.752. The highest BCUT2D eigenvalue weighted by molar-refractivity contribution is 5.85. The minimum atomic E-state index is -0.842. The van der Waals surface area contributed by atoms with Crippen LogP contribution in [0.4, 0.5) is 0 Å². The normalized spacial score (nSPS) is 27.1. The van der Waals surface area contributed by atoms with Gasteiger partial charge in [0.2, 0.25) is 5.91 Å². The second-order valence-corrected chi connectivity index (χ2v) is 7.12. The largest absolute Gasteiger partial charge is 0.481 e. The van der Waals surface area contributed by atoms with E-state index in [0.717, 1.165) is 6.42 Å². The Morgan fingerprint density at radius 2 is 1.81 bits per heavy atom. The van der Waals surface area contributed by atoms with Crippen molar-refractivity contribution < 1.29 is 14.7 Å². The van der Waals surface area contributed by atoms with Crippen molar-refractivity contribution >= 4 is 11.9 Å². The van der Waals surface area contributed by atoms with E-state index in [0.29, 0.717) is 31.2 Å². The molecule has 122 valence electrons. The highest BCUT2D eigenvalue weighted by atomic mass is 16.4. The molecule has 1 rings (SSSR count). The molecule has 0 radical (unpaired) electrons. The Balaban J connectivity index is 2.57. The van der Waals surface area contributed by atoms with Crippen molar-refractivity contribution in [1.29, 1.82) is 0 Å². The van der Waals surface area contributed by atoms with Gasteiger partial charge in [-0.25, -0.2) is 0 Å². The molecular formula is C16H30N2O3. The van der Waals surface area contributed by atoms with Gasteiger partial charge in [-0.1, -0.05) is 20.8 Å². The zero-order valence-electron chi connectivity index (χ0n) is 13.9. The lowest BCUT2D eigenvalue weighted by Crippen LogP contribution is -2.44. The fourth-order valence-corrected chi connectivity index (χ4v) is 3.22. The zero-order chi connectivity index (χ0) is 16.2. The van der Waals surface area contributed by atoms with Gasteiger partial charge in [0.15, 0.2) is 0 Å². The molecule has 21 heavy (non-hydrogen) atoms. The van der Waals surface area contributed by atoms with Crippen LogP contribution in [-0.2, 0) is 9.59 Å². The summed E-state index contributed by atoms with van der Waals surface area (Å²) in [6, 6.07) is 0.288. The lowest BCUT2D eigenvalue weighted by molar-refractivity contribution is -0.146. The maximum atomic E-state index is 12.3. The van der Waals surface area contributed by atoms with Crippen molar-refractivity contribution in [2.75, 3.05) is 20.6 Å². The van der Waals surface area contributed by atoms with E-state index in [-0.39, 0.29) is 17.9 Å². The van der Waals surface area contributed by atoms with Crippen molar-refractivity contribution in [3.05, 3.63) is 0 Å².